The lowest BCUT2D eigenvalue weighted by Crippen LogP contribution is -2.38. The van der Waals surface area contributed by atoms with Gasteiger partial charge in [0.15, 0.2) is 17.5 Å². The molecule has 0 fully saturated rings. The highest BCUT2D eigenvalue weighted by Crippen LogP contribution is 2.27. The second-order valence-electron chi connectivity index (χ2n) is 6.63. The number of aliphatic imine (C=N–C) groups is 1. The lowest BCUT2D eigenvalue weighted by Gasteiger charge is -2.14. The maximum Gasteiger partial charge on any atom is 0.191 e. The van der Waals surface area contributed by atoms with Crippen LogP contribution in [0.1, 0.15) is 18.1 Å². The Hall–Kier alpha value is -2.16. The third-order valence-corrected chi connectivity index (χ3v) is 4.35. The first kappa shape index (κ1) is 24.9. The van der Waals surface area contributed by atoms with E-state index in [1.807, 2.05) is 26.2 Å². The summed E-state index contributed by atoms with van der Waals surface area (Å²) in [6.45, 7) is 4.30. The maximum absolute atomic E-state index is 5.37. The largest absolute Gasteiger partial charge is 0.493 e. The van der Waals surface area contributed by atoms with Gasteiger partial charge in [0, 0.05) is 32.9 Å². The summed E-state index contributed by atoms with van der Waals surface area (Å²) in [7, 11) is 7.39. The highest BCUT2D eigenvalue weighted by molar-refractivity contribution is 14.0. The average Bonchev–Trinajstić information content (AvgIpc) is 2.72. The lowest BCUT2D eigenvalue weighted by molar-refractivity contribution is 0.354. The molecule has 0 aliphatic carbocycles. The Morgan fingerprint density at radius 2 is 1.72 bits per heavy atom. The van der Waals surface area contributed by atoms with Crippen LogP contribution >= 0.6 is 24.0 Å². The van der Waals surface area contributed by atoms with Crippen LogP contribution in [0.2, 0.25) is 0 Å². The van der Waals surface area contributed by atoms with Crippen LogP contribution in [-0.2, 0) is 13.0 Å². The zero-order valence-corrected chi connectivity index (χ0v) is 20.3. The van der Waals surface area contributed by atoms with Crippen molar-refractivity contribution in [3.05, 3.63) is 53.6 Å². The van der Waals surface area contributed by atoms with Crippen molar-refractivity contribution in [3.8, 4) is 11.5 Å². The Labute approximate surface area is 191 Å². The van der Waals surface area contributed by atoms with Crippen molar-refractivity contribution in [2.45, 2.75) is 19.9 Å². The number of nitrogens with zero attached hydrogens (tertiary/aromatic N) is 2. The lowest BCUT2D eigenvalue weighted by atomic mass is 10.1. The summed E-state index contributed by atoms with van der Waals surface area (Å²) in [6, 6.07) is 14.4. The van der Waals surface area contributed by atoms with Gasteiger partial charge in [0.05, 0.1) is 20.8 Å². The smallest absolute Gasteiger partial charge is 0.191 e. The number of methoxy groups -OCH3 is 2. The molecule has 0 bridgehead atoms. The van der Waals surface area contributed by atoms with E-state index >= 15 is 0 Å². The highest BCUT2D eigenvalue weighted by Gasteiger charge is 2.05. The van der Waals surface area contributed by atoms with E-state index in [4.69, 9.17) is 14.5 Å². The molecule has 2 aromatic rings. The summed E-state index contributed by atoms with van der Waals surface area (Å²) in [5, 5.41) is 6.70. The predicted molar refractivity (Wildman–Crippen MR) is 132 cm³/mol. The summed E-state index contributed by atoms with van der Waals surface area (Å²) in [6.07, 6.45) is 0.862. The van der Waals surface area contributed by atoms with Crippen molar-refractivity contribution in [3.63, 3.8) is 0 Å². The van der Waals surface area contributed by atoms with E-state index in [9.17, 15) is 0 Å². The fourth-order valence-corrected chi connectivity index (χ4v) is 2.81. The molecule has 0 saturated carbocycles. The quantitative estimate of drug-likeness (QED) is 0.305. The van der Waals surface area contributed by atoms with Crippen LogP contribution in [0.5, 0.6) is 11.5 Å². The fourth-order valence-electron chi connectivity index (χ4n) is 2.81. The predicted octanol–water partition coefficient (Wildman–Crippen LogP) is 3.69. The summed E-state index contributed by atoms with van der Waals surface area (Å²) < 4.78 is 10.7. The van der Waals surface area contributed by atoms with Crippen molar-refractivity contribution in [1.82, 2.24) is 10.6 Å². The molecule has 29 heavy (non-hydrogen) atoms. The molecule has 0 atom stereocenters. The molecule has 0 heterocycles. The molecule has 6 nitrogen and oxygen atoms in total. The Morgan fingerprint density at radius 1 is 0.966 bits per heavy atom. The van der Waals surface area contributed by atoms with Gasteiger partial charge < -0.3 is 25.0 Å². The number of hydrogen-bond acceptors (Lipinski definition) is 4. The van der Waals surface area contributed by atoms with E-state index in [-0.39, 0.29) is 24.0 Å². The number of ether oxygens (including phenoxy) is 2. The number of guanidine groups is 1. The second-order valence-corrected chi connectivity index (χ2v) is 6.63. The van der Waals surface area contributed by atoms with Crippen LogP contribution in [0.4, 0.5) is 5.69 Å². The van der Waals surface area contributed by atoms with Crippen LogP contribution in [0.15, 0.2) is 47.5 Å². The van der Waals surface area contributed by atoms with E-state index < -0.39 is 0 Å². The standard InChI is InChI=1S/C22H32N4O2.HI/c1-6-23-22(25-16-18-8-7-9-19(14-18)26(2)3)24-13-12-17-10-11-20(27-4)21(15-17)28-5;/h7-11,14-15H,6,12-13,16H2,1-5H3,(H2,23,24,25);1H. The molecule has 0 aliphatic rings. The molecule has 2 aromatic carbocycles. The average molecular weight is 512 g/mol. The molecule has 0 spiro atoms. The SMILES string of the molecule is CCNC(=NCc1cccc(N(C)C)c1)NCCc1ccc(OC)c(OC)c1.I. The fraction of sp³-hybridized carbons (Fsp3) is 0.409. The van der Waals surface area contributed by atoms with Crippen molar-refractivity contribution in [2.24, 2.45) is 4.99 Å². The number of anilines is 1. The van der Waals surface area contributed by atoms with Crippen LogP contribution < -0.4 is 25.0 Å². The minimum Gasteiger partial charge on any atom is -0.493 e. The zero-order chi connectivity index (χ0) is 20.4. The molecule has 2 rings (SSSR count). The summed E-state index contributed by atoms with van der Waals surface area (Å²) in [5.41, 5.74) is 3.54. The van der Waals surface area contributed by atoms with Crippen molar-refractivity contribution in [2.75, 3.05) is 46.3 Å². The Kier molecular flexibility index (Phi) is 11.3. The van der Waals surface area contributed by atoms with Gasteiger partial charge in [-0.25, -0.2) is 4.99 Å². The summed E-state index contributed by atoms with van der Waals surface area (Å²) in [4.78, 5) is 6.80. The molecule has 0 saturated heterocycles. The van der Waals surface area contributed by atoms with Gasteiger partial charge in [-0.15, -0.1) is 24.0 Å². The van der Waals surface area contributed by atoms with E-state index in [0.29, 0.717) is 6.54 Å². The Balaban J connectivity index is 0.00000420. The van der Waals surface area contributed by atoms with Crippen molar-refractivity contribution < 1.29 is 9.47 Å². The summed E-state index contributed by atoms with van der Waals surface area (Å²) >= 11 is 0. The van der Waals surface area contributed by atoms with E-state index in [1.165, 1.54) is 16.8 Å². The second kappa shape index (κ2) is 13.1. The molecule has 7 heteroatoms. The molecule has 2 N–H and O–H groups in total. The monoisotopic (exact) mass is 512 g/mol. The molecular weight excluding hydrogens is 479 g/mol. The van der Waals surface area contributed by atoms with Gasteiger partial charge in [-0.05, 0) is 48.7 Å². The molecule has 0 amide bonds. The van der Waals surface area contributed by atoms with Crippen LogP contribution in [0.25, 0.3) is 0 Å². The van der Waals surface area contributed by atoms with Gasteiger partial charge in [-0.2, -0.15) is 0 Å². The summed E-state index contributed by atoms with van der Waals surface area (Å²) in [5.74, 6) is 2.31. The van der Waals surface area contributed by atoms with Gasteiger partial charge in [-0.1, -0.05) is 18.2 Å². The molecule has 0 unspecified atom stereocenters. The van der Waals surface area contributed by atoms with Gasteiger partial charge in [-0.3, -0.25) is 0 Å². The van der Waals surface area contributed by atoms with E-state index in [1.54, 1.807) is 14.2 Å². The van der Waals surface area contributed by atoms with Crippen LogP contribution in [-0.4, -0.2) is 47.4 Å². The van der Waals surface area contributed by atoms with Crippen LogP contribution in [0.3, 0.4) is 0 Å². The van der Waals surface area contributed by atoms with E-state index in [0.717, 1.165) is 37.0 Å². The third kappa shape index (κ3) is 8.00. The normalized spacial score (nSPS) is 10.7. The topological polar surface area (TPSA) is 58.1 Å². The molecule has 0 aliphatic heterocycles. The van der Waals surface area contributed by atoms with Crippen molar-refractivity contribution in [1.29, 1.82) is 0 Å². The van der Waals surface area contributed by atoms with Gasteiger partial charge in [0.1, 0.15) is 0 Å². The van der Waals surface area contributed by atoms with E-state index in [2.05, 4.69) is 52.8 Å². The minimum absolute atomic E-state index is 0. The zero-order valence-electron chi connectivity index (χ0n) is 18.0. The Morgan fingerprint density at radius 3 is 2.38 bits per heavy atom. The van der Waals surface area contributed by atoms with Gasteiger partial charge in [0.25, 0.3) is 0 Å². The molecule has 0 aromatic heterocycles. The number of rotatable bonds is 9. The maximum atomic E-state index is 5.37. The third-order valence-electron chi connectivity index (χ3n) is 4.35. The number of benzene rings is 2. The first-order valence-electron chi connectivity index (χ1n) is 9.56. The van der Waals surface area contributed by atoms with Crippen LogP contribution in [0, 0.1) is 0 Å². The molecular formula is C22H33IN4O2. The Bertz CT molecular complexity index is 781. The highest BCUT2D eigenvalue weighted by atomic mass is 127. The number of hydrogen-bond donors (Lipinski definition) is 2. The van der Waals surface area contributed by atoms with Crippen molar-refractivity contribution >= 4 is 35.6 Å². The first-order chi connectivity index (χ1) is 13.6. The van der Waals surface area contributed by atoms with Gasteiger partial charge >= 0.3 is 0 Å². The minimum atomic E-state index is 0. The molecule has 160 valence electrons. The molecule has 0 radical (unpaired) electrons. The number of halogens is 1. The van der Waals surface area contributed by atoms with Gasteiger partial charge in [0.2, 0.25) is 0 Å². The first-order valence-corrected chi connectivity index (χ1v) is 9.56. The number of nitrogens with one attached hydrogen (secondary N) is 2.